The zero-order valence-electron chi connectivity index (χ0n) is 10.8. The van der Waals surface area contributed by atoms with Crippen LogP contribution in [0, 0.1) is 0 Å². The smallest absolute Gasteiger partial charge is 0.339 e. The molecule has 1 N–H and O–H groups in total. The van der Waals surface area contributed by atoms with E-state index in [-0.39, 0.29) is 6.04 Å². The Labute approximate surface area is 112 Å². The average Bonchev–Trinajstić information content (AvgIpc) is 2.39. The minimum atomic E-state index is -0.441. The number of hydrogen-bond donors (Lipinski definition) is 1. The number of hydrogen-bond acceptors (Lipinski definition) is 4. The second kappa shape index (κ2) is 7.24. The number of halogens is 1. The van der Waals surface area contributed by atoms with Gasteiger partial charge in [-0.15, -0.1) is 0 Å². The topological polar surface area (TPSA) is 47.6 Å². The average molecular weight is 272 g/mol. The quantitative estimate of drug-likeness (QED) is 0.808. The van der Waals surface area contributed by atoms with Crippen LogP contribution in [0.15, 0.2) is 18.2 Å². The Morgan fingerprint density at radius 2 is 2.17 bits per heavy atom. The van der Waals surface area contributed by atoms with E-state index < -0.39 is 5.97 Å². The molecule has 0 spiro atoms. The molecule has 1 aromatic carbocycles. The Balaban J connectivity index is 2.87. The molecular formula is C13H18ClNO3. The highest BCUT2D eigenvalue weighted by Crippen LogP contribution is 2.22. The standard InChI is InChI=1S/C13H18ClNO3/c1-4-9(8-17-2)15-10-5-6-12(14)11(7-10)13(16)18-3/h5-7,9,15H,4,8H2,1-3H3. The van der Waals surface area contributed by atoms with Crippen molar-refractivity contribution in [2.24, 2.45) is 0 Å². The molecule has 4 nitrogen and oxygen atoms in total. The molecule has 0 saturated heterocycles. The van der Waals surface area contributed by atoms with Gasteiger partial charge in [-0.2, -0.15) is 0 Å². The second-order valence-corrected chi connectivity index (χ2v) is 4.30. The van der Waals surface area contributed by atoms with E-state index >= 15 is 0 Å². The van der Waals surface area contributed by atoms with E-state index in [4.69, 9.17) is 16.3 Å². The van der Waals surface area contributed by atoms with Crippen LogP contribution in [0.1, 0.15) is 23.7 Å². The third kappa shape index (κ3) is 3.89. The molecule has 1 aromatic rings. The number of ether oxygens (including phenoxy) is 2. The van der Waals surface area contributed by atoms with Crippen molar-refractivity contribution in [1.29, 1.82) is 0 Å². The molecule has 1 unspecified atom stereocenters. The Bertz CT molecular complexity index is 409. The van der Waals surface area contributed by atoms with E-state index in [1.165, 1.54) is 7.11 Å². The van der Waals surface area contributed by atoms with Crippen molar-refractivity contribution in [2.45, 2.75) is 19.4 Å². The van der Waals surface area contributed by atoms with Gasteiger partial charge in [0.05, 0.1) is 24.3 Å². The summed E-state index contributed by atoms with van der Waals surface area (Å²) < 4.78 is 9.78. The number of benzene rings is 1. The zero-order chi connectivity index (χ0) is 13.5. The van der Waals surface area contributed by atoms with Gasteiger partial charge in [-0.05, 0) is 24.6 Å². The van der Waals surface area contributed by atoms with Crippen molar-refractivity contribution >= 4 is 23.3 Å². The first-order valence-corrected chi connectivity index (χ1v) is 6.13. The van der Waals surface area contributed by atoms with Crippen molar-refractivity contribution in [3.8, 4) is 0 Å². The maximum atomic E-state index is 11.5. The van der Waals surface area contributed by atoms with E-state index in [0.717, 1.165) is 12.1 Å². The van der Waals surface area contributed by atoms with E-state index in [1.807, 2.05) is 6.07 Å². The summed E-state index contributed by atoms with van der Waals surface area (Å²) in [6, 6.07) is 5.39. The van der Waals surface area contributed by atoms with Gasteiger partial charge in [0.1, 0.15) is 0 Å². The highest BCUT2D eigenvalue weighted by atomic mass is 35.5. The number of carbonyl (C=O) groups is 1. The molecule has 0 aliphatic carbocycles. The Morgan fingerprint density at radius 3 is 2.72 bits per heavy atom. The Hall–Kier alpha value is -1.26. The summed E-state index contributed by atoms with van der Waals surface area (Å²) in [6.07, 6.45) is 0.921. The summed E-state index contributed by atoms with van der Waals surface area (Å²) in [5, 5.41) is 3.67. The maximum Gasteiger partial charge on any atom is 0.339 e. The fraction of sp³-hybridized carbons (Fsp3) is 0.462. The van der Waals surface area contributed by atoms with Gasteiger partial charge >= 0.3 is 5.97 Å². The van der Waals surface area contributed by atoms with Crippen LogP contribution in [0.25, 0.3) is 0 Å². The first-order valence-electron chi connectivity index (χ1n) is 5.75. The van der Waals surface area contributed by atoms with E-state index in [9.17, 15) is 4.79 Å². The predicted octanol–water partition coefficient (Wildman–Crippen LogP) is 2.96. The van der Waals surface area contributed by atoms with E-state index in [1.54, 1.807) is 19.2 Å². The Morgan fingerprint density at radius 1 is 1.44 bits per heavy atom. The van der Waals surface area contributed by atoms with Crippen LogP contribution in [-0.2, 0) is 9.47 Å². The molecule has 0 aromatic heterocycles. The van der Waals surface area contributed by atoms with Crippen molar-refractivity contribution in [1.82, 2.24) is 0 Å². The molecule has 0 aliphatic rings. The molecule has 0 bridgehead atoms. The summed E-state index contributed by atoms with van der Waals surface area (Å²) in [7, 11) is 2.99. The molecule has 0 amide bonds. The van der Waals surface area contributed by atoms with Crippen LogP contribution < -0.4 is 5.32 Å². The summed E-state index contributed by atoms with van der Waals surface area (Å²) in [5.74, 6) is -0.441. The van der Waals surface area contributed by atoms with Crippen molar-refractivity contribution < 1.29 is 14.3 Å². The molecule has 0 aliphatic heterocycles. The fourth-order valence-electron chi connectivity index (χ4n) is 1.58. The van der Waals surface area contributed by atoms with Gasteiger partial charge in [0.15, 0.2) is 0 Å². The lowest BCUT2D eigenvalue weighted by molar-refractivity contribution is 0.0601. The molecule has 0 radical (unpaired) electrons. The normalized spacial score (nSPS) is 12.0. The molecule has 100 valence electrons. The first-order chi connectivity index (χ1) is 8.62. The van der Waals surface area contributed by atoms with Crippen LogP contribution in [0.5, 0.6) is 0 Å². The number of anilines is 1. The van der Waals surface area contributed by atoms with Gasteiger partial charge in [-0.3, -0.25) is 0 Å². The number of rotatable bonds is 6. The van der Waals surface area contributed by atoms with E-state index in [0.29, 0.717) is 17.2 Å². The highest BCUT2D eigenvalue weighted by Gasteiger charge is 2.13. The lowest BCUT2D eigenvalue weighted by atomic mass is 10.1. The third-order valence-electron chi connectivity index (χ3n) is 2.60. The summed E-state index contributed by atoms with van der Waals surface area (Å²) in [4.78, 5) is 11.5. The molecule has 1 atom stereocenters. The summed E-state index contributed by atoms with van der Waals surface area (Å²) in [6.45, 7) is 2.67. The number of carbonyl (C=O) groups excluding carboxylic acids is 1. The lowest BCUT2D eigenvalue weighted by Crippen LogP contribution is -2.24. The lowest BCUT2D eigenvalue weighted by Gasteiger charge is -2.18. The van der Waals surface area contributed by atoms with Crippen LogP contribution in [-0.4, -0.2) is 32.8 Å². The number of nitrogens with one attached hydrogen (secondary N) is 1. The molecular weight excluding hydrogens is 254 g/mol. The van der Waals surface area contributed by atoms with Crippen LogP contribution >= 0.6 is 11.6 Å². The maximum absolute atomic E-state index is 11.5. The molecule has 0 saturated carbocycles. The minimum absolute atomic E-state index is 0.196. The van der Waals surface area contributed by atoms with Gasteiger partial charge in [0, 0.05) is 18.8 Å². The van der Waals surface area contributed by atoms with Gasteiger partial charge in [0.25, 0.3) is 0 Å². The van der Waals surface area contributed by atoms with Gasteiger partial charge in [-0.25, -0.2) is 4.79 Å². The molecule has 0 heterocycles. The molecule has 5 heteroatoms. The van der Waals surface area contributed by atoms with E-state index in [2.05, 4.69) is 17.0 Å². The zero-order valence-corrected chi connectivity index (χ0v) is 11.6. The van der Waals surface area contributed by atoms with Crippen LogP contribution in [0.4, 0.5) is 5.69 Å². The van der Waals surface area contributed by atoms with Gasteiger partial charge < -0.3 is 14.8 Å². The van der Waals surface area contributed by atoms with Gasteiger partial charge in [-0.1, -0.05) is 18.5 Å². The monoisotopic (exact) mass is 271 g/mol. The van der Waals surface area contributed by atoms with Gasteiger partial charge in [0.2, 0.25) is 0 Å². The van der Waals surface area contributed by atoms with Crippen LogP contribution in [0.2, 0.25) is 5.02 Å². The number of methoxy groups -OCH3 is 2. The minimum Gasteiger partial charge on any atom is -0.465 e. The SMILES string of the molecule is CCC(COC)Nc1ccc(Cl)c(C(=O)OC)c1. The van der Waals surface area contributed by atoms with Crippen LogP contribution in [0.3, 0.4) is 0 Å². The summed E-state index contributed by atoms with van der Waals surface area (Å²) in [5.41, 5.74) is 1.18. The molecule has 1 rings (SSSR count). The molecule has 18 heavy (non-hydrogen) atoms. The number of esters is 1. The Kier molecular flexibility index (Phi) is 5.95. The highest BCUT2D eigenvalue weighted by molar-refractivity contribution is 6.33. The van der Waals surface area contributed by atoms with Crippen molar-refractivity contribution in [3.05, 3.63) is 28.8 Å². The first kappa shape index (κ1) is 14.8. The predicted molar refractivity (Wildman–Crippen MR) is 72.4 cm³/mol. The van der Waals surface area contributed by atoms with Crippen molar-refractivity contribution in [2.75, 3.05) is 26.1 Å². The fourth-order valence-corrected chi connectivity index (χ4v) is 1.77. The largest absolute Gasteiger partial charge is 0.465 e. The molecule has 0 fully saturated rings. The third-order valence-corrected chi connectivity index (χ3v) is 2.93. The van der Waals surface area contributed by atoms with Crippen molar-refractivity contribution in [3.63, 3.8) is 0 Å². The summed E-state index contributed by atoms with van der Waals surface area (Å²) >= 11 is 5.95. The second-order valence-electron chi connectivity index (χ2n) is 3.89.